The molecule has 0 radical (unpaired) electrons. The predicted octanol–water partition coefficient (Wildman–Crippen LogP) is 5.04. The molecule has 1 atom stereocenters. The molecule has 2 heterocycles. The number of nitriles is 1. The highest BCUT2D eigenvalue weighted by Crippen LogP contribution is 2.40. The first kappa shape index (κ1) is 28.9. The zero-order chi connectivity index (χ0) is 28.9. The molecule has 1 unspecified atom stereocenters. The van der Waals surface area contributed by atoms with Crippen molar-refractivity contribution in [1.82, 2.24) is 10.3 Å². The fourth-order valence-corrected chi connectivity index (χ4v) is 5.11. The first-order chi connectivity index (χ1) is 19.1. The van der Waals surface area contributed by atoms with Gasteiger partial charge in [-0.25, -0.2) is 4.98 Å². The van der Waals surface area contributed by atoms with Crippen LogP contribution in [0.2, 0.25) is 0 Å². The molecule has 3 aromatic rings. The summed E-state index contributed by atoms with van der Waals surface area (Å²) < 4.78 is 45.3. The van der Waals surface area contributed by atoms with Crippen LogP contribution in [0.15, 0.2) is 60.8 Å². The Morgan fingerprint density at radius 1 is 1.20 bits per heavy atom. The lowest BCUT2D eigenvalue weighted by molar-refractivity contribution is -0.137. The molecule has 0 saturated carbocycles. The van der Waals surface area contributed by atoms with Gasteiger partial charge in [0.05, 0.1) is 28.8 Å². The molecule has 10 heteroatoms. The van der Waals surface area contributed by atoms with Crippen molar-refractivity contribution in [1.29, 1.82) is 5.26 Å². The number of carbonyl (C=O) groups excluding carboxylic acids is 1. The minimum atomic E-state index is -4.54. The van der Waals surface area contributed by atoms with Gasteiger partial charge >= 0.3 is 6.18 Å². The van der Waals surface area contributed by atoms with E-state index in [1.165, 1.54) is 6.07 Å². The number of nitrogens with zero attached hydrogens (tertiary/aromatic N) is 3. The SMILES string of the molecule is CCOc1ncccc1-c1ccc(C2(C(=O)NCC(C)N)CCN(c3ccc(C(F)(F)F)cc3C#N)CC2)cc1. The Balaban J connectivity index is 1.63. The highest BCUT2D eigenvalue weighted by atomic mass is 19.4. The molecule has 0 spiro atoms. The molecule has 0 aliphatic carbocycles. The number of aromatic nitrogens is 1. The van der Waals surface area contributed by atoms with Gasteiger partial charge in [-0.05, 0) is 68.1 Å². The average molecular weight is 552 g/mol. The Bertz CT molecular complexity index is 1380. The lowest BCUT2D eigenvalue weighted by Gasteiger charge is -2.42. The molecule has 40 heavy (non-hydrogen) atoms. The Kier molecular flexibility index (Phi) is 8.64. The van der Waals surface area contributed by atoms with Crippen LogP contribution in [0.1, 0.15) is 43.4 Å². The van der Waals surface area contributed by atoms with E-state index in [4.69, 9.17) is 10.5 Å². The quantitative estimate of drug-likeness (QED) is 0.407. The summed E-state index contributed by atoms with van der Waals surface area (Å²) >= 11 is 0. The third-order valence-electron chi connectivity index (χ3n) is 7.22. The summed E-state index contributed by atoms with van der Waals surface area (Å²) in [5, 5.41) is 12.5. The summed E-state index contributed by atoms with van der Waals surface area (Å²) in [6.45, 7) is 5.25. The maximum absolute atomic E-state index is 13.6. The largest absolute Gasteiger partial charge is 0.478 e. The molecule has 1 saturated heterocycles. The van der Waals surface area contributed by atoms with E-state index in [0.29, 0.717) is 50.7 Å². The first-order valence-electron chi connectivity index (χ1n) is 13.2. The van der Waals surface area contributed by atoms with Crippen LogP contribution in [0.3, 0.4) is 0 Å². The minimum Gasteiger partial charge on any atom is -0.478 e. The molecule has 210 valence electrons. The zero-order valence-electron chi connectivity index (χ0n) is 22.5. The van der Waals surface area contributed by atoms with Gasteiger partial charge in [-0.2, -0.15) is 18.4 Å². The van der Waals surface area contributed by atoms with Crippen molar-refractivity contribution >= 4 is 11.6 Å². The molecule has 3 N–H and O–H groups in total. The molecular weight excluding hydrogens is 519 g/mol. The molecule has 1 aliphatic heterocycles. The van der Waals surface area contributed by atoms with Gasteiger partial charge < -0.3 is 20.7 Å². The van der Waals surface area contributed by atoms with Crippen molar-refractivity contribution in [2.45, 2.75) is 44.3 Å². The summed E-state index contributed by atoms with van der Waals surface area (Å²) in [5.74, 6) is 0.377. The van der Waals surface area contributed by atoms with Gasteiger partial charge in [-0.1, -0.05) is 24.3 Å². The summed E-state index contributed by atoms with van der Waals surface area (Å²) in [6, 6.07) is 16.4. The second-order valence-electron chi connectivity index (χ2n) is 9.96. The number of benzene rings is 2. The molecular formula is C30H32F3N5O2. The van der Waals surface area contributed by atoms with Crippen LogP contribution in [0.5, 0.6) is 5.88 Å². The fourth-order valence-electron chi connectivity index (χ4n) is 5.11. The van der Waals surface area contributed by atoms with E-state index in [0.717, 1.165) is 28.8 Å². The van der Waals surface area contributed by atoms with E-state index in [2.05, 4.69) is 10.3 Å². The van der Waals surface area contributed by atoms with E-state index < -0.39 is 17.2 Å². The van der Waals surface area contributed by atoms with Crippen LogP contribution < -0.4 is 20.7 Å². The van der Waals surface area contributed by atoms with Crippen LogP contribution in [-0.4, -0.2) is 43.2 Å². The van der Waals surface area contributed by atoms with Gasteiger partial charge in [0.2, 0.25) is 11.8 Å². The third-order valence-corrected chi connectivity index (χ3v) is 7.22. The molecule has 0 bridgehead atoms. The number of pyridine rings is 1. The lowest BCUT2D eigenvalue weighted by atomic mass is 9.71. The van der Waals surface area contributed by atoms with Crippen LogP contribution in [0.25, 0.3) is 11.1 Å². The molecule has 2 aromatic carbocycles. The number of halogens is 3. The van der Waals surface area contributed by atoms with Crippen molar-refractivity contribution in [2.24, 2.45) is 5.73 Å². The smallest absolute Gasteiger partial charge is 0.416 e. The van der Waals surface area contributed by atoms with Gasteiger partial charge in [0.1, 0.15) is 6.07 Å². The summed E-state index contributed by atoms with van der Waals surface area (Å²) in [7, 11) is 0. The number of nitrogens with two attached hydrogens (primary N) is 1. The van der Waals surface area contributed by atoms with Gasteiger partial charge in [0.15, 0.2) is 0 Å². The number of carbonyl (C=O) groups is 1. The van der Waals surface area contributed by atoms with Crippen molar-refractivity contribution in [3.05, 3.63) is 77.5 Å². The number of piperidine rings is 1. The Morgan fingerprint density at radius 2 is 1.90 bits per heavy atom. The number of anilines is 1. The van der Waals surface area contributed by atoms with E-state index in [9.17, 15) is 23.2 Å². The van der Waals surface area contributed by atoms with Crippen molar-refractivity contribution in [3.63, 3.8) is 0 Å². The average Bonchev–Trinajstić information content (AvgIpc) is 2.95. The highest BCUT2D eigenvalue weighted by Gasteiger charge is 2.43. The second-order valence-corrected chi connectivity index (χ2v) is 9.96. The molecule has 1 aliphatic rings. The molecule has 7 nitrogen and oxygen atoms in total. The number of ether oxygens (including phenoxy) is 1. The highest BCUT2D eigenvalue weighted by molar-refractivity contribution is 5.89. The number of amides is 1. The number of nitrogens with one attached hydrogen (secondary N) is 1. The second kappa shape index (κ2) is 12.0. The number of hydrogen-bond donors (Lipinski definition) is 2. The number of alkyl halides is 3. The first-order valence-corrected chi connectivity index (χ1v) is 13.2. The van der Waals surface area contributed by atoms with Gasteiger partial charge in [-0.15, -0.1) is 0 Å². The van der Waals surface area contributed by atoms with Crippen LogP contribution in [0, 0.1) is 11.3 Å². The van der Waals surface area contributed by atoms with Gasteiger partial charge in [0, 0.05) is 37.4 Å². The fraction of sp³-hybridized carbons (Fsp3) is 0.367. The van der Waals surface area contributed by atoms with E-state index in [-0.39, 0.29) is 17.5 Å². The van der Waals surface area contributed by atoms with Gasteiger partial charge in [0.25, 0.3) is 0 Å². The van der Waals surface area contributed by atoms with Crippen LogP contribution in [0.4, 0.5) is 18.9 Å². The zero-order valence-corrected chi connectivity index (χ0v) is 22.5. The maximum atomic E-state index is 13.6. The van der Waals surface area contributed by atoms with Crippen molar-refractivity contribution < 1.29 is 22.7 Å². The van der Waals surface area contributed by atoms with Gasteiger partial charge in [-0.3, -0.25) is 4.79 Å². The van der Waals surface area contributed by atoms with Crippen LogP contribution in [-0.2, 0) is 16.4 Å². The monoisotopic (exact) mass is 551 g/mol. The topological polar surface area (TPSA) is 104 Å². The standard InChI is InChI=1S/C30H32F3N5O2/c1-3-40-27-25(5-4-14-36-27)21-6-8-23(9-7-21)29(28(39)37-19-20(2)35)12-15-38(16-13-29)26-11-10-24(30(31,32)33)17-22(26)18-34/h4-11,14,17,20H,3,12-13,15-16,19,35H2,1-2H3,(H,37,39). The third kappa shape index (κ3) is 6.05. The Hall–Kier alpha value is -4.10. The summed E-state index contributed by atoms with van der Waals surface area (Å²) in [4.78, 5) is 19.8. The molecule has 1 aromatic heterocycles. The minimum absolute atomic E-state index is 0.0466. The predicted molar refractivity (Wildman–Crippen MR) is 147 cm³/mol. The Labute approximate surface area is 231 Å². The molecule has 1 fully saturated rings. The maximum Gasteiger partial charge on any atom is 0.416 e. The number of hydrogen-bond acceptors (Lipinski definition) is 6. The summed E-state index contributed by atoms with van der Waals surface area (Å²) in [6.07, 6.45) is -2.06. The normalized spacial score (nSPS) is 15.7. The van der Waals surface area contributed by atoms with E-state index in [1.807, 2.05) is 61.2 Å². The Morgan fingerprint density at radius 3 is 2.50 bits per heavy atom. The van der Waals surface area contributed by atoms with Crippen molar-refractivity contribution in [2.75, 3.05) is 31.1 Å². The summed E-state index contributed by atoms with van der Waals surface area (Å²) in [5.41, 5.74) is 7.10. The number of rotatable bonds is 8. The molecule has 1 amide bonds. The van der Waals surface area contributed by atoms with E-state index >= 15 is 0 Å². The van der Waals surface area contributed by atoms with E-state index in [1.54, 1.807) is 6.20 Å². The lowest BCUT2D eigenvalue weighted by Crippen LogP contribution is -2.53. The molecule has 4 rings (SSSR count). The van der Waals surface area contributed by atoms with Crippen molar-refractivity contribution in [3.8, 4) is 23.1 Å². The van der Waals surface area contributed by atoms with Crippen LogP contribution >= 0.6 is 0 Å².